The first-order chi connectivity index (χ1) is 17.4. The number of allylic oxidation sites excluding steroid dienone is 1. The molecule has 7 N–H and O–H groups in total. The minimum absolute atomic E-state index is 0.0572. The molecule has 1 saturated carbocycles. The van der Waals surface area contributed by atoms with Gasteiger partial charge in [-0.05, 0) is 25.3 Å². The molecule has 0 radical (unpaired) electrons. The van der Waals surface area contributed by atoms with Crippen molar-refractivity contribution in [1.29, 1.82) is 0 Å². The van der Waals surface area contributed by atoms with Crippen molar-refractivity contribution in [2.45, 2.75) is 42.2 Å². The molecule has 3 aliphatic rings. The number of nitrogens with one attached hydrogen (secondary N) is 1. The molecule has 0 aromatic carbocycles. The van der Waals surface area contributed by atoms with Crippen LogP contribution in [0.5, 0.6) is 0 Å². The molecule has 0 bridgehead atoms. The predicted molar refractivity (Wildman–Crippen MR) is 136 cm³/mol. The van der Waals surface area contributed by atoms with Crippen molar-refractivity contribution in [1.82, 2.24) is 29.1 Å². The van der Waals surface area contributed by atoms with Gasteiger partial charge in [0.05, 0.1) is 25.6 Å². The van der Waals surface area contributed by atoms with Crippen LogP contribution in [0.25, 0.3) is 11.2 Å². The summed E-state index contributed by atoms with van der Waals surface area (Å²) in [6, 6.07) is 2.21. The Labute approximate surface area is 210 Å². The maximum absolute atomic E-state index is 11.5. The Hall–Kier alpha value is -3.20. The van der Waals surface area contributed by atoms with Gasteiger partial charge in [0.2, 0.25) is 5.95 Å². The number of rotatable bonds is 6. The summed E-state index contributed by atoms with van der Waals surface area (Å²) >= 11 is 1.39. The Bertz CT molecular complexity index is 1310. The number of nitrogens with zero attached hydrogens (tertiary/aromatic N) is 6. The molecule has 13 nitrogen and oxygen atoms in total. The monoisotopic (exact) mass is 515 g/mol. The summed E-state index contributed by atoms with van der Waals surface area (Å²) in [5, 5.41) is 21.4. The summed E-state index contributed by atoms with van der Waals surface area (Å²) in [5.41, 5.74) is 12.1. The fourth-order valence-corrected chi connectivity index (χ4v) is 5.16. The number of nitrogens with two attached hydrogens (primary N) is 2. The van der Waals surface area contributed by atoms with E-state index in [1.54, 1.807) is 18.6 Å². The van der Waals surface area contributed by atoms with Crippen LogP contribution in [-0.4, -0.2) is 70.6 Å². The average molecular weight is 516 g/mol. The molecule has 4 heterocycles. The Kier molecular flexibility index (Phi) is 7.09. The van der Waals surface area contributed by atoms with E-state index in [1.165, 1.54) is 16.3 Å². The number of anilines is 3. The van der Waals surface area contributed by atoms with Crippen LogP contribution in [0.4, 0.5) is 17.6 Å². The van der Waals surface area contributed by atoms with Crippen molar-refractivity contribution < 1.29 is 14.9 Å². The molecule has 3 aromatic rings. The zero-order valence-corrected chi connectivity index (χ0v) is 20.3. The predicted octanol–water partition coefficient (Wildman–Crippen LogP) is 0.498. The number of nitrogen functional groups attached to an aromatic ring is 2. The van der Waals surface area contributed by atoms with Crippen LogP contribution >= 0.6 is 11.8 Å². The summed E-state index contributed by atoms with van der Waals surface area (Å²) in [6.45, 7) is 0.505. The van der Waals surface area contributed by atoms with Gasteiger partial charge in [-0.1, -0.05) is 12.2 Å². The highest BCUT2D eigenvalue weighted by atomic mass is 32.2. The van der Waals surface area contributed by atoms with Gasteiger partial charge in [0.1, 0.15) is 16.6 Å². The number of hydrogen-bond donors (Lipinski definition) is 5. The third-order valence-corrected chi connectivity index (χ3v) is 7.41. The molecule has 3 aromatic heterocycles. The molecule has 192 valence electrons. The lowest BCUT2D eigenvalue weighted by Crippen LogP contribution is -2.26. The van der Waals surface area contributed by atoms with E-state index in [0.717, 1.165) is 36.2 Å². The Balaban J connectivity index is 0.000000157. The number of imidazole rings is 1. The van der Waals surface area contributed by atoms with Gasteiger partial charge in [0.25, 0.3) is 0 Å². The van der Waals surface area contributed by atoms with E-state index < -0.39 is 5.69 Å². The third-order valence-electron chi connectivity index (χ3n) is 6.14. The number of ether oxygens (including phenoxy) is 1. The first kappa shape index (κ1) is 24.5. The molecule has 1 saturated heterocycles. The number of thioether (sulfide) groups is 1. The Morgan fingerprint density at radius 3 is 2.64 bits per heavy atom. The minimum Gasteiger partial charge on any atom is -0.396 e. The second-order valence-corrected chi connectivity index (χ2v) is 10.2. The van der Waals surface area contributed by atoms with Gasteiger partial charge in [-0.15, -0.1) is 11.8 Å². The highest BCUT2D eigenvalue weighted by molar-refractivity contribution is 8.00. The highest BCUT2D eigenvalue weighted by Crippen LogP contribution is 2.34. The molecular formula is C22H29N9O4S. The van der Waals surface area contributed by atoms with Gasteiger partial charge < -0.3 is 36.3 Å². The molecule has 6 rings (SSSR count). The number of fused-ring (bicyclic) bond motifs is 1. The van der Waals surface area contributed by atoms with Crippen molar-refractivity contribution in [3.05, 3.63) is 41.2 Å². The van der Waals surface area contributed by atoms with E-state index in [-0.39, 0.29) is 47.7 Å². The molecular weight excluding hydrogens is 486 g/mol. The molecule has 2 fully saturated rings. The summed E-state index contributed by atoms with van der Waals surface area (Å²) in [7, 11) is 0. The van der Waals surface area contributed by atoms with Crippen molar-refractivity contribution in [3.8, 4) is 0 Å². The quantitative estimate of drug-likeness (QED) is 0.286. The maximum Gasteiger partial charge on any atom is 0.350 e. The summed E-state index contributed by atoms with van der Waals surface area (Å²) in [5.74, 6) is 1.39. The van der Waals surface area contributed by atoms with E-state index in [1.807, 2.05) is 10.6 Å². The van der Waals surface area contributed by atoms with Crippen LogP contribution in [-0.2, 0) is 4.74 Å². The zero-order chi connectivity index (χ0) is 25.2. The van der Waals surface area contributed by atoms with E-state index in [0.29, 0.717) is 12.6 Å². The van der Waals surface area contributed by atoms with Crippen LogP contribution in [0.1, 0.15) is 30.7 Å². The summed E-state index contributed by atoms with van der Waals surface area (Å²) < 4.78 is 8.72. The smallest absolute Gasteiger partial charge is 0.350 e. The van der Waals surface area contributed by atoms with Crippen LogP contribution < -0.4 is 22.5 Å². The SMILES string of the molecule is Nc1ccn([C@H]2CO[C@@H](CO)S2)c(=O)n1.Nc1nc(NC2CC2)c2ncn([C@H]3C=C[C@@H](CO)C3)c2n1. The highest BCUT2D eigenvalue weighted by Gasteiger charge is 2.28. The first-order valence-electron chi connectivity index (χ1n) is 11.7. The number of aliphatic hydroxyl groups is 2. The zero-order valence-electron chi connectivity index (χ0n) is 19.5. The average Bonchev–Trinajstić information content (AvgIpc) is 3.25. The van der Waals surface area contributed by atoms with Crippen LogP contribution in [0.15, 0.2) is 35.5 Å². The van der Waals surface area contributed by atoms with Gasteiger partial charge in [-0.25, -0.2) is 9.78 Å². The van der Waals surface area contributed by atoms with E-state index >= 15 is 0 Å². The van der Waals surface area contributed by atoms with Crippen molar-refractivity contribution >= 4 is 40.5 Å². The molecule has 14 heteroatoms. The Morgan fingerprint density at radius 1 is 1.14 bits per heavy atom. The number of hydrogen-bond acceptors (Lipinski definition) is 12. The van der Waals surface area contributed by atoms with Gasteiger partial charge in [0.15, 0.2) is 17.0 Å². The standard InChI is InChI=1S/C14H18N6O.C8H11N3O3S/c15-14-18-12(17-9-2-3-9)11-13(19-14)20(7-16-11)10-4-1-8(5-10)6-21;9-5-1-2-11(8(13)10-5)6-4-14-7(3-12)15-6/h1,4,7-10,21H,2-3,5-6H2,(H3,15,17,18,19);1-2,6-7,12H,3-4H2,(H2,9,10,13)/t8-,10+;6-,7-/m11/s1. The minimum atomic E-state index is -0.394. The van der Waals surface area contributed by atoms with Gasteiger partial charge >= 0.3 is 5.69 Å². The van der Waals surface area contributed by atoms with Gasteiger partial charge in [-0.3, -0.25) is 4.57 Å². The van der Waals surface area contributed by atoms with Crippen LogP contribution in [0.2, 0.25) is 0 Å². The number of aliphatic hydroxyl groups excluding tert-OH is 2. The van der Waals surface area contributed by atoms with Gasteiger partial charge in [-0.2, -0.15) is 15.0 Å². The van der Waals surface area contributed by atoms with E-state index in [2.05, 4.69) is 31.3 Å². The van der Waals surface area contributed by atoms with Crippen molar-refractivity contribution in [3.63, 3.8) is 0 Å². The summed E-state index contributed by atoms with van der Waals surface area (Å²) in [6.07, 6.45) is 10.7. The van der Waals surface area contributed by atoms with Gasteiger partial charge in [0, 0.05) is 24.8 Å². The summed E-state index contributed by atoms with van der Waals surface area (Å²) in [4.78, 5) is 28.2. The Morgan fingerprint density at radius 2 is 1.97 bits per heavy atom. The molecule has 36 heavy (non-hydrogen) atoms. The third kappa shape index (κ3) is 5.31. The fourth-order valence-electron chi connectivity index (χ4n) is 4.12. The molecule has 0 amide bonds. The van der Waals surface area contributed by atoms with Crippen LogP contribution in [0, 0.1) is 5.92 Å². The lowest BCUT2D eigenvalue weighted by molar-refractivity contribution is 0.0803. The molecule has 0 spiro atoms. The first-order valence-corrected chi connectivity index (χ1v) is 12.7. The van der Waals surface area contributed by atoms with E-state index in [4.69, 9.17) is 21.3 Å². The second kappa shape index (κ2) is 10.4. The largest absolute Gasteiger partial charge is 0.396 e. The fraction of sp³-hybridized carbons (Fsp3) is 0.500. The van der Waals surface area contributed by atoms with Crippen molar-refractivity contribution in [2.75, 3.05) is 36.6 Å². The number of aromatic nitrogens is 6. The molecule has 2 aliphatic carbocycles. The van der Waals surface area contributed by atoms with E-state index in [9.17, 15) is 9.90 Å². The maximum atomic E-state index is 11.5. The van der Waals surface area contributed by atoms with Crippen molar-refractivity contribution in [2.24, 2.45) is 5.92 Å². The molecule has 1 aliphatic heterocycles. The van der Waals surface area contributed by atoms with Crippen LogP contribution in [0.3, 0.4) is 0 Å². The molecule has 4 atom stereocenters. The lowest BCUT2D eigenvalue weighted by atomic mass is 10.1. The topological polar surface area (TPSA) is 192 Å². The second-order valence-electron chi connectivity index (χ2n) is 8.88. The normalized spacial score (nSPS) is 25.2. The molecule has 0 unspecified atom stereocenters. The lowest BCUT2D eigenvalue weighted by Gasteiger charge is -2.13.